The minimum atomic E-state index is -5.88. The Morgan fingerprint density at radius 3 is 2.11 bits per heavy atom. The molecule has 0 aliphatic rings. The second-order valence-corrected chi connectivity index (χ2v) is 13.9. The molecule has 10 heteroatoms. The first-order chi connectivity index (χ1) is 12.1. The van der Waals surface area contributed by atoms with Crippen molar-refractivity contribution in [2.24, 2.45) is 0 Å². The van der Waals surface area contributed by atoms with E-state index in [1.165, 1.54) is 18.2 Å². The molecule has 150 valence electrons. The van der Waals surface area contributed by atoms with Gasteiger partial charge < -0.3 is 8.61 Å². The number of benzene rings is 2. The van der Waals surface area contributed by atoms with Gasteiger partial charge in [-0.15, -0.1) is 0 Å². The Balaban J connectivity index is 2.69. The van der Waals surface area contributed by atoms with Gasteiger partial charge in [-0.3, -0.25) is 0 Å². The van der Waals surface area contributed by atoms with Crippen molar-refractivity contribution in [3.63, 3.8) is 0 Å². The summed E-state index contributed by atoms with van der Waals surface area (Å²) in [6, 6.07) is 5.92. The van der Waals surface area contributed by atoms with E-state index < -0.39 is 35.5 Å². The van der Waals surface area contributed by atoms with E-state index in [2.05, 4.69) is 4.18 Å². The third-order valence-corrected chi connectivity index (χ3v) is 9.84. The molecular formula is C17H20F4O4SSi. The Kier molecular flexibility index (Phi) is 5.30. The lowest BCUT2D eigenvalue weighted by molar-refractivity contribution is -0.0500. The molecule has 0 atom stereocenters. The number of rotatable bonds is 4. The van der Waals surface area contributed by atoms with Crippen molar-refractivity contribution in [2.45, 2.75) is 44.4 Å². The van der Waals surface area contributed by atoms with Crippen LogP contribution in [0.15, 0.2) is 30.3 Å². The van der Waals surface area contributed by atoms with Crippen LogP contribution in [0, 0.1) is 5.82 Å². The molecule has 0 bridgehead atoms. The largest absolute Gasteiger partial charge is 0.541 e. The molecule has 0 radical (unpaired) electrons. The summed E-state index contributed by atoms with van der Waals surface area (Å²) in [4.78, 5) is 0. The molecule has 4 nitrogen and oxygen atoms in total. The van der Waals surface area contributed by atoms with Crippen LogP contribution in [-0.4, -0.2) is 22.2 Å². The van der Waals surface area contributed by atoms with Crippen molar-refractivity contribution in [3.05, 3.63) is 36.1 Å². The first kappa shape index (κ1) is 21.5. The minimum absolute atomic E-state index is 0.146. The molecule has 0 aromatic heterocycles. The standard InChI is InChI=1S/C17H20F4O4SSi/c1-16(2,3)27(4,5)25-15-13-8-7-12(18)10-11(13)6-9-14(15)24-26(22,23)17(19,20)21/h6-10H,1-5H3. The van der Waals surface area contributed by atoms with Gasteiger partial charge in [0.25, 0.3) is 8.32 Å². The maximum Gasteiger partial charge on any atom is 0.534 e. The fourth-order valence-electron chi connectivity index (χ4n) is 2.00. The quantitative estimate of drug-likeness (QED) is 0.278. The summed E-state index contributed by atoms with van der Waals surface area (Å²) in [5.41, 5.74) is -5.58. The van der Waals surface area contributed by atoms with E-state index in [0.29, 0.717) is 5.39 Å². The van der Waals surface area contributed by atoms with E-state index in [1.54, 1.807) is 0 Å². The van der Waals surface area contributed by atoms with Gasteiger partial charge in [-0.2, -0.15) is 21.6 Å². The second-order valence-electron chi connectivity index (χ2n) is 7.60. The maximum absolute atomic E-state index is 13.5. The highest BCUT2D eigenvalue weighted by Crippen LogP contribution is 2.44. The zero-order chi connectivity index (χ0) is 20.8. The summed E-state index contributed by atoms with van der Waals surface area (Å²) in [5.74, 6) is -1.28. The zero-order valence-electron chi connectivity index (χ0n) is 15.4. The summed E-state index contributed by atoms with van der Waals surface area (Å²) < 4.78 is 85.1. The first-order valence-corrected chi connectivity index (χ1v) is 12.3. The van der Waals surface area contributed by atoms with Gasteiger partial charge >= 0.3 is 15.6 Å². The topological polar surface area (TPSA) is 52.6 Å². The molecule has 0 fully saturated rings. The second kappa shape index (κ2) is 6.66. The van der Waals surface area contributed by atoms with Crippen LogP contribution >= 0.6 is 0 Å². The molecule has 2 rings (SSSR count). The van der Waals surface area contributed by atoms with Crippen LogP contribution in [0.4, 0.5) is 17.6 Å². The van der Waals surface area contributed by atoms with E-state index in [4.69, 9.17) is 4.43 Å². The van der Waals surface area contributed by atoms with Crippen molar-refractivity contribution >= 4 is 29.2 Å². The van der Waals surface area contributed by atoms with Crippen LogP contribution in [0.2, 0.25) is 18.1 Å². The predicted octanol–water partition coefficient (Wildman–Crippen LogP) is 5.59. The molecular weight excluding hydrogens is 404 g/mol. The van der Waals surface area contributed by atoms with Crippen molar-refractivity contribution in [2.75, 3.05) is 0 Å². The molecule has 0 heterocycles. The molecule has 0 unspecified atom stereocenters. The predicted molar refractivity (Wildman–Crippen MR) is 97.3 cm³/mol. The van der Waals surface area contributed by atoms with Crippen molar-refractivity contribution in [3.8, 4) is 11.5 Å². The molecule has 27 heavy (non-hydrogen) atoms. The number of hydrogen-bond acceptors (Lipinski definition) is 4. The highest BCUT2D eigenvalue weighted by molar-refractivity contribution is 7.88. The molecule has 0 N–H and O–H groups in total. The average molecular weight is 424 g/mol. The Bertz CT molecular complexity index is 963. The van der Waals surface area contributed by atoms with Crippen molar-refractivity contribution < 1.29 is 34.6 Å². The highest BCUT2D eigenvalue weighted by Gasteiger charge is 2.49. The lowest BCUT2D eigenvalue weighted by atomic mass is 10.1. The molecule has 0 saturated heterocycles. The zero-order valence-corrected chi connectivity index (χ0v) is 17.3. The van der Waals surface area contributed by atoms with Gasteiger partial charge in [-0.1, -0.05) is 26.8 Å². The summed E-state index contributed by atoms with van der Waals surface area (Å²) in [5, 5.41) is 0.284. The molecule has 0 aliphatic heterocycles. The van der Waals surface area contributed by atoms with Crippen LogP contribution in [0.1, 0.15) is 20.8 Å². The summed E-state index contributed by atoms with van der Waals surface area (Å²) >= 11 is 0. The van der Waals surface area contributed by atoms with Crippen LogP contribution < -0.4 is 8.61 Å². The lowest BCUT2D eigenvalue weighted by Gasteiger charge is -2.37. The lowest BCUT2D eigenvalue weighted by Crippen LogP contribution is -2.44. The van der Waals surface area contributed by atoms with Crippen molar-refractivity contribution in [1.82, 2.24) is 0 Å². The Morgan fingerprint density at radius 1 is 1.00 bits per heavy atom. The van der Waals surface area contributed by atoms with Crippen molar-refractivity contribution in [1.29, 1.82) is 0 Å². The third kappa shape index (κ3) is 4.37. The molecule has 0 amide bonds. The van der Waals surface area contributed by atoms with Gasteiger partial charge in [0, 0.05) is 5.39 Å². The fourth-order valence-corrected chi connectivity index (χ4v) is 3.49. The third-order valence-electron chi connectivity index (χ3n) is 4.54. The van der Waals surface area contributed by atoms with Crippen LogP contribution in [-0.2, 0) is 10.1 Å². The fraction of sp³-hybridized carbons (Fsp3) is 0.412. The Morgan fingerprint density at radius 2 is 1.59 bits per heavy atom. The van der Waals surface area contributed by atoms with E-state index in [0.717, 1.165) is 12.1 Å². The number of fused-ring (bicyclic) bond motifs is 1. The number of hydrogen-bond donors (Lipinski definition) is 0. The number of alkyl halides is 3. The van der Waals surface area contributed by atoms with E-state index in [-0.39, 0.29) is 16.2 Å². The van der Waals surface area contributed by atoms with Gasteiger partial charge in [-0.05, 0) is 47.8 Å². The first-order valence-electron chi connectivity index (χ1n) is 7.97. The van der Waals surface area contributed by atoms with Gasteiger partial charge in [0.1, 0.15) is 5.82 Å². The minimum Gasteiger partial charge on any atom is -0.541 e. The van der Waals surface area contributed by atoms with E-state index >= 15 is 0 Å². The smallest absolute Gasteiger partial charge is 0.534 e. The molecule has 0 saturated carbocycles. The van der Waals surface area contributed by atoms with Gasteiger partial charge in [0.05, 0.1) is 0 Å². The molecule has 0 aliphatic carbocycles. The normalized spacial score (nSPS) is 13.7. The highest BCUT2D eigenvalue weighted by atomic mass is 32.2. The molecule has 2 aromatic rings. The maximum atomic E-state index is 13.5. The average Bonchev–Trinajstić information content (AvgIpc) is 2.46. The van der Waals surface area contributed by atoms with E-state index in [9.17, 15) is 26.0 Å². The summed E-state index contributed by atoms with van der Waals surface area (Å²) in [6.07, 6.45) is 0. The number of halogens is 4. The molecule has 2 aromatic carbocycles. The van der Waals surface area contributed by atoms with Gasteiger partial charge in [-0.25, -0.2) is 4.39 Å². The Labute approximate surface area is 156 Å². The molecule has 0 spiro atoms. The SMILES string of the molecule is CC(C)(C)[Si](C)(C)Oc1c(OS(=O)(=O)C(F)(F)F)ccc2cc(F)ccc12. The summed E-state index contributed by atoms with van der Waals surface area (Å²) in [7, 11) is -8.46. The van der Waals surface area contributed by atoms with Crippen LogP contribution in [0.3, 0.4) is 0 Å². The van der Waals surface area contributed by atoms with Crippen LogP contribution in [0.25, 0.3) is 10.8 Å². The van der Waals surface area contributed by atoms with Gasteiger partial charge in [0.15, 0.2) is 11.5 Å². The Hall–Kier alpha value is -1.81. The van der Waals surface area contributed by atoms with Crippen LogP contribution in [0.5, 0.6) is 11.5 Å². The monoisotopic (exact) mass is 424 g/mol. The summed E-state index contributed by atoms with van der Waals surface area (Å²) in [6.45, 7) is 9.43. The van der Waals surface area contributed by atoms with Gasteiger partial charge in [0.2, 0.25) is 0 Å². The van der Waals surface area contributed by atoms with E-state index in [1.807, 2.05) is 33.9 Å².